The van der Waals surface area contributed by atoms with Crippen LogP contribution in [0.25, 0.3) is 0 Å². The highest BCUT2D eigenvalue weighted by Crippen LogP contribution is 2.47. The van der Waals surface area contributed by atoms with E-state index in [1.165, 1.54) is 45.4 Å². The first-order valence-corrected chi connectivity index (χ1v) is 19.1. The SMILES string of the molecule is CC(C)=CC[C@@H](/C=C/C(C)=C/C=C/C(C)=C/C=C/C(C)=C/C=C/C=C(C)/C=C/C=C(C)/C=C/C1=C(C)CC[C@H](C/C=C(\C)CO)C1(C)C)C(C)(C)O. The predicted octanol–water partition coefficient (Wildman–Crippen LogP) is 13.9. The lowest BCUT2D eigenvalue weighted by Crippen LogP contribution is -2.30. The minimum atomic E-state index is -0.759. The fourth-order valence-electron chi connectivity index (χ4n) is 6.03. The van der Waals surface area contributed by atoms with Gasteiger partial charge in [-0.3, -0.25) is 0 Å². The molecule has 0 spiro atoms. The lowest BCUT2D eigenvalue weighted by Gasteiger charge is -2.41. The molecule has 0 radical (unpaired) electrons. The third-order valence-electron chi connectivity index (χ3n) is 9.82. The van der Waals surface area contributed by atoms with E-state index in [9.17, 15) is 10.2 Å². The summed E-state index contributed by atoms with van der Waals surface area (Å²) in [6.45, 7) is 27.7. The Morgan fingerprint density at radius 3 is 1.63 bits per heavy atom. The molecule has 2 heteroatoms. The average molecular weight is 705 g/mol. The summed E-state index contributed by atoms with van der Waals surface area (Å²) in [6.07, 6.45) is 44.8. The van der Waals surface area contributed by atoms with Crippen LogP contribution in [0.4, 0.5) is 0 Å². The minimum absolute atomic E-state index is 0.0723. The Balaban J connectivity index is 2.73. The number of allylic oxidation sites excluding steroid dienone is 26. The van der Waals surface area contributed by atoms with E-state index in [0.29, 0.717) is 5.92 Å². The van der Waals surface area contributed by atoms with Crippen LogP contribution in [0.15, 0.2) is 166 Å². The Morgan fingerprint density at radius 2 is 1.17 bits per heavy atom. The first kappa shape index (κ1) is 46.3. The fourth-order valence-corrected chi connectivity index (χ4v) is 6.03. The van der Waals surface area contributed by atoms with E-state index < -0.39 is 5.60 Å². The van der Waals surface area contributed by atoms with Gasteiger partial charge in [0.1, 0.15) is 0 Å². The van der Waals surface area contributed by atoms with E-state index in [2.05, 4.69) is 185 Å². The lowest BCUT2D eigenvalue weighted by atomic mass is 9.64. The van der Waals surface area contributed by atoms with Gasteiger partial charge in [-0.2, -0.15) is 0 Å². The molecule has 0 fully saturated rings. The number of hydrogen-bond donors (Lipinski definition) is 2. The summed E-state index contributed by atoms with van der Waals surface area (Å²) in [6, 6.07) is 0. The molecule has 0 aromatic heterocycles. The van der Waals surface area contributed by atoms with Gasteiger partial charge >= 0.3 is 0 Å². The quantitative estimate of drug-likeness (QED) is 0.110. The molecule has 284 valence electrons. The molecule has 0 aromatic rings. The van der Waals surface area contributed by atoms with Crippen molar-refractivity contribution in [2.75, 3.05) is 6.61 Å². The maximum atomic E-state index is 10.5. The van der Waals surface area contributed by atoms with Crippen molar-refractivity contribution in [2.24, 2.45) is 17.3 Å². The van der Waals surface area contributed by atoms with Crippen molar-refractivity contribution in [1.82, 2.24) is 0 Å². The summed E-state index contributed by atoms with van der Waals surface area (Å²) in [5, 5.41) is 19.9. The first-order valence-electron chi connectivity index (χ1n) is 19.1. The zero-order chi connectivity index (χ0) is 39.3. The van der Waals surface area contributed by atoms with Crippen LogP contribution in [0.5, 0.6) is 0 Å². The Kier molecular flexibility index (Phi) is 21.2. The van der Waals surface area contributed by atoms with Crippen LogP contribution in [0.2, 0.25) is 0 Å². The largest absolute Gasteiger partial charge is 0.392 e. The topological polar surface area (TPSA) is 40.5 Å². The molecule has 1 aliphatic rings. The van der Waals surface area contributed by atoms with Crippen molar-refractivity contribution in [1.29, 1.82) is 0 Å². The average Bonchev–Trinajstić information content (AvgIpc) is 3.05. The van der Waals surface area contributed by atoms with E-state index in [4.69, 9.17) is 0 Å². The predicted molar refractivity (Wildman–Crippen MR) is 232 cm³/mol. The van der Waals surface area contributed by atoms with E-state index >= 15 is 0 Å². The molecular formula is C50H72O2. The van der Waals surface area contributed by atoms with Crippen molar-refractivity contribution in [3.63, 3.8) is 0 Å². The van der Waals surface area contributed by atoms with Crippen LogP contribution in [-0.2, 0) is 0 Å². The smallest absolute Gasteiger partial charge is 0.0657 e. The molecule has 0 amide bonds. The van der Waals surface area contributed by atoms with Crippen molar-refractivity contribution >= 4 is 0 Å². The van der Waals surface area contributed by atoms with E-state index in [1.54, 1.807) is 0 Å². The maximum Gasteiger partial charge on any atom is 0.0657 e. The van der Waals surface area contributed by atoms with Gasteiger partial charge < -0.3 is 10.2 Å². The van der Waals surface area contributed by atoms with Gasteiger partial charge in [0.25, 0.3) is 0 Å². The standard InChI is InChI=1S/C50H72O2/c1-38(2)27-32-47(50(12,13)52)34-28-42(6)25-18-24-41(5)23-16-21-39(3)19-14-15-20-40(4)22-17-26-43(7)30-36-48-45(9)31-35-46(49(48,10)11)33-29-44(8)37-51/h14-30,34,36,46-47,51-52H,31-33,35,37H2,1-13H3/b15-14+,21-16+,22-17+,24-18+,34-28+,36-30+,39-19+,40-20+,41-23+,42-25+,43-26+,44-29+/t46-,47-/m0/s1. The number of aliphatic hydroxyl groups is 2. The Morgan fingerprint density at radius 1 is 0.712 bits per heavy atom. The summed E-state index contributed by atoms with van der Waals surface area (Å²) in [4.78, 5) is 0. The molecule has 1 rings (SSSR count). The van der Waals surface area contributed by atoms with Gasteiger partial charge in [-0.25, -0.2) is 0 Å². The van der Waals surface area contributed by atoms with E-state index in [1.807, 2.05) is 20.8 Å². The molecule has 2 nitrogen and oxygen atoms in total. The number of hydrogen-bond acceptors (Lipinski definition) is 2. The summed E-state index contributed by atoms with van der Waals surface area (Å²) in [7, 11) is 0. The molecule has 0 aliphatic heterocycles. The number of aliphatic hydroxyl groups excluding tert-OH is 1. The van der Waals surface area contributed by atoms with Crippen LogP contribution in [0, 0.1) is 17.3 Å². The first-order chi connectivity index (χ1) is 24.4. The molecule has 0 aromatic carbocycles. The Labute approximate surface area is 320 Å². The van der Waals surface area contributed by atoms with Crippen LogP contribution >= 0.6 is 0 Å². The summed E-state index contributed by atoms with van der Waals surface area (Å²) in [5.74, 6) is 0.652. The van der Waals surface area contributed by atoms with Gasteiger partial charge in [0.05, 0.1) is 12.2 Å². The Bertz CT molecular complexity index is 1580. The zero-order valence-corrected chi connectivity index (χ0v) is 35.1. The lowest BCUT2D eigenvalue weighted by molar-refractivity contribution is 0.0380. The molecule has 0 saturated carbocycles. The highest BCUT2D eigenvalue weighted by atomic mass is 16.3. The van der Waals surface area contributed by atoms with Crippen molar-refractivity contribution < 1.29 is 10.2 Å². The zero-order valence-electron chi connectivity index (χ0n) is 35.1. The van der Waals surface area contributed by atoms with Gasteiger partial charge in [-0.15, -0.1) is 0 Å². The van der Waals surface area contributed by atoms with Crippen LogP contribution in [-0.4, -0.2) is 22.4 Å². The number of rotatable bonds is 18. The monoisotopic (exact) mass is 705 g/mol. The Hall–Kier alpha value is -3.72. The van der Waals surface area contributed by atoms with E-state index in [0.717, 1.165) is 30.4 Å². The van der Waals surface area contributed by atoms with Gasteiger partial charge in [-0.1, -0.05) is 174 Å². The second kappa shape index (κ2) is 23.8. The normalized spacial score (nSPS) is 19.9. The molecule has 0 heterocycles. The van der Waals surface area contributed by atoms with Crippen molar-refractivity contribution in [3.8, 4) is 0 Å². The highest BCUT2D eigenvalue weighted by Gasteiger charge is 2.35. The minimum Gasteiger partial charge on any atom is -0.392 e. The molecular weight excluding hydrogens is 633 g/mol. The molecule has 0 unspecified atom stereocenters. The van der Waals surface area contributed by atoms with Crippen LogP contribution in [0.1, 0.15) is 116 Å². The molecule has 0 saturated heterocycles. The third kappa shape index (κ3) is 19.2. The highest BCUT2D eigenvalue weighted by molar-refractivity contribution is 5.38. The molecule has 2 N–H and O–H groups in total. The fraction of sp³-hybridized carbons (Fsp3) is 0.440. The second-order valence-electron chi connectivity index (χ2n) is 16.1. The maximum absolute atomic E-state index is 10.5. The van der Waals surface area contributed by atoms with Gasteiger partial charge in [0.2, 0.25) is 0 Å². The second-order valence-corrected chi connectivity index (χ2v) is 16.1. The van der Waals surface area contributed by atoms with Gasteiger partial charge in [0, 0.05) is 5.92 Å². The molecule has 52 heavy (non-hydrogen) atoms. The van der Waals surface area contributed by atoms with Gasteiger partial charge in [0.15, 0.2) is 0 Å². The third-order valence-corrected chi connectivity index (χ3v) is 9.82. The summed E-state index contributed by atoms with van der Waals surface area (Å²) in [5.41, 5.74) is 10.5. The van der Waals surface area contributed by atoms with Crippen LogP contribution in [0.3, 0.4) is 0 Å². The summed E-state index contributed by atoms with van der Waals surface area (Å²) < 4.78 is 0. The van der Waals surface area contributed by atoms with Crippen molar-refractivity contribution in [3.05, 3.63) is 166 Å². The van der Waals surface area contributed by atoms with Crippen molar-refractivity contribution in [2.45, 2.75) is 121 Å². The van der Waals surface area contributed by atoms with E-state index in [-0.39, 0.29) is 17.9 Å². The molecule has 2 atom stereocenters. The van der Waals surface area contributed by atoms with Crippen LogP contribution < -0.4 is 0 Å². The molecule has 0 bridgehead atoms. The summed E-state index contributed by atoms with van der Waals surface area (Å²) >= 11 is 0. The van der Waals surface area contributed by atoms with Gasteiger partial charge in [-0.05, 0) is 119 Å². The molecule has 1 aliphatic carbocycles.